The minimum Gasteiger partial charge on any atom is -0.360 e. The molecule has 2 aromatic carbocycles. The first-order valence-electron chi connectivity index (χ1n) is 9.83. The van der Waals surface area contributed by atoms with E-state index in [2.05, 4.69) is 0 Å². The van der Waals surface area contributed by atoms with Gasteiger partial charge in [0.2, 0.25) is 16.4 Å². The number of nitrogens with zero attached hydrogens (tertiary/aromatic N) is 3. The Morgan fingerprint density at radius 2 is 1.79 bits per heavy atom. The minimum absolute atomic E-state index is 0.0250. The molecule has 1 aliphatic heterocycles. The molecule has 1 N–H and O–H groups in total. The van der Waals surface area contributed by atoms with E-state index in [-0.39, 0.29) is 35.6 Å². The molecule has 0 spiro atoms. The van der Waals surface area contributed by atoms with Gasteiger partial charge in [-0.05, 0) is 42.3 Å². The number of hydrogen-bond acceptors (Lipinski definition) is 6. The lowest BCUT2D eigenvalue weighted by molar-refractivity contribution is -0.137. The van der Waals surface area contributed by atoms with Crippen LogP contribution in [0.5, 0.6) is 0 Å². The summed E-state index contributed by atoms with van der Waals surface area (Å²) in [6.07, 6.45) is -5.54. The molecule has 2 aromatic rings. The van der Waals surface area contributed by atoms with Crippen molar-refractivity contribution in [2.24, 2.45) is 0 Å². The predicted octanol–water partition coefficient (Wildman–Crippen LogP) is 3.29. The molecule has 0 fully saturated rings. The third-order valence-electron chi connectivity index (χ3n) is 5.67. The Balaban J connectivity index is 1.95. The van der Waals surface area contributed by atoms with Crippen molar-refractivity contribution in [1.29, 1.82) is 5.26 Å². The number of carbonyl (C=O) groups excluding carboxylic acids is 1. The number of carbonyl (C=O) groups is 1. The normalized spacial score (nSPS) is 21.8. The highest BCUT2D eigenvalue weighted by molar-refractivity contribution is 7.88. The number of hydrogen-bond donors (Lipinski definition) is 1. The molecule has 2 aliphatic rings. The Morgan fingerprint density at radius 1 is 1.12 bits per heavy atom. The van der Waals surface area contributed by atoms with Crippen LogP contribution in [0.25, 0.3) is 0 Å². The van der Waals surface area contributed by atoms with Crippen molar-refractivity contribution >= 4 is 21.5 Å². The molecule has 33 heavy (non-hydrogen) atoms. The zero-order chi connectivity index (χ0) is 24.1. The second kappa shape index (κ2) is 7.98. The van der Waals surface area contributed by atoms with Crippen LogP contribution in [0.3, 0.4) is 0 Å². The summed E-state index contributed by atoms with van der Waals surface area (Å²) in [6.45, 7) is 0. The van der Waals surface area contributed by atoms with Crippen LogP contribution in [-0.2, 0) is 21.0 Å². The molecule has 1 heterocycles. The molecule has 0 bridgehead atoms. The van der Waals surface area contributed by atoms with Gasteiger partial charge in [0.25, 0.3) is 0 Å². The van der Waals surface area contributed by atoms with Crippen LogP contribution in [0.2, 0.25) is 0 Å². The number of alkyl halides is 3. The fraction of sp³-hybridized carbons (Fsp3) is 0.273. The van der Waals surface area contributed by atoms with Crippen LogP contribution in [0.4, 0.5) is 18.9 Å². The first kappa shape index (κ1) is 23.0. The molecule has 2 unspecified atom stereocenters. The van der Waals surface area contributed by atoms with E-state index in [1.165, 1.54) is 30.3 Å². The fourth-order valence-electron chi connectivity index (χ4n) is 4.27. The third-order valence-corrected chi connectivity index (χ3v) is 6.83. The van der Waals surface area contributed by atoms with Crippen LogP contribution in [-0.4, -0.2) is 36.2 Å². The van der Waals surface area contributed by atoms with Crippen molar-refractivity contribution in [2.45, 2.75) is 31.4 Å². The van der Waals surface area contributed by atoms with Crippen LogP contribution in [0, 0.1) is 11.3 Å². The largest absolute Gasteiger partial charge is 0.416 e. The monoisotopic (exact) mass is 477 g/mol. The number of benzene rings is 2. The maximum absolute atomic E-state index is 13.3. The van der Waals surface area contributed by atoms with Gasteiger partial charge in [0.15, 0.2) is 5.78 Å². The SMILES string of the molecule is CS(=O)(=O)N1C(c2ccc(C#N)cc2)C2=C(CCC2=O)N(c2cccc(C(F)(F)F)c2)C1O. The number of nitriles is 1. The number of Topliss-reactive ketones (excluding diaryl/α,β-unsaturated/α-hetero) is 1. The minimum atomic E-state index is -4.65. The zero-order valence-corrected chi connectivity index (χ0v) is 18.1. The number of allylic oxidation sites excluding steroid dienone is 1. The molecule has 11 heteroatoms. The van der Waals surface area contributed by atoms with Crippen molar-refractivity contribution in [3.63, 3.8) is 0 Å². The van der Waals surface area contributed by atoms with Crippen LogP contribution >= 0.6 is 0 Å². The lowest BCUT2D eigenvalue weighted by Gasteiger charge is -2.45. The van der Waals surface area contributed by atoms with Gasteiger partial charge in [-0.1, -0.05) is 18.2 Å². The summed E-state index contributed by atoms with van der Waals surface area (Å²) >= 11 is 0. The Hall–Kier alpha value is -3.20. The van der Waals surface area contributed by atoms with Gasteiger partial charge in [-0.3, -0.25) is 4.79 Å². The number of aliphatic hydroxyl groups excluding tert-OH is 1. The highest BCUT2D eigenvalue weighted by Gasteiger charge is 2.49. The fourth-order valence-corrected chi connectivity index (χ4v) is 5.32. The average molecular weight is 477 g/mol. The summed E-state index contributed by atoms with van der Waals surface area (Å²) in [5.41, 5.74) is -0.0392. The molecule has 0 aromatic heterocycles. The van der Waals surface area contributed by atoms with Crippen LogP contribution in [0.15, 0.2) is 59.8 Å². The summed E-state index contributed by atoms with van der Waals surface area (Å²) < 4.78 is 66.1. The Labute approximate surface area is 188 Å². The van der Waals surface area contributed by atoms with Gasteiger partial charge in [0, 0.05) is 23.4 Å². The predicted molar refractivity (Wildman–Crippen MR) is 112 cm³/mol. The van der Waals surface area contributed by atoms with Gasteiger partial charge < -0.3 is 10.0 Å². The Bertz CT molecular complexity index is 1300. The maximum atomic E-state index is 13.3. The standard InChI is InChI=1S/C22H18F3N3O4S/c1-33(31,32)28-20(14-7-5-13(12-26)6-8-14)19-17(9-10-18(19)29)27(21(28)30)16-4-2-3-15(11-16)22(23,24)25/h2-8,11,20-21,30H,9-10H2,1H3. The average Bonchev–Trinajstić information content (AvgIpc) is 3.12. The third kappa shape index (κ3) is 4.01. The number of halogens is 3. The molecule has 2 atom stereocenters. The first-order chi connectivity index (χ1) is 15.4. The van der Waals surface area contributed by atoms with Crippen LogP contribution in [0.1, 0.15) is 35.6 Å². The summed E-state index contributed by atoms with van der Waals surface area (Å²) in [5, 5.41) is 20.2. The van der Waals surface area contributed by atoms with E-state index in [4.69, 9.17) is 5.26 Å². The molecule has 0 saturated heterocycles. The van der Waals surface area contributed by atoms with E-state index in [1.807, 2.05) is 6.07 Å². The van der Waals surface area contributed by atoms with Gasteiger partial charge in [0.05, 0.1) is 29.5 Å². The highest BCUT2D eigenvalue weighted by atomic mass is 32.2. The van der Waals surface area contributed by atoms with Crippen molar-refractivity contribution in [3.8, 4) is 6.07 Å². The van der Waals surface area contributed by atoms with Gasteiger partial charge in [-0.15, -0.1) is 4.31 Å². The van der Waals surface area contributed by atoms with Gasteiger partial charge in [-0.25, -0.2) is 8.42 Å². The van der Waals surface area contributed by atoms with E-state index in [0.29, 0.717) is 15.4 Å². The quantitative estimate of drug-likeness (QED) is 0.728. The molecule has 172 valence electrons. The second-order valence-corrected chi connectivity index (χ2v) is 9.66. The van der Waals surface area contributed by atoms with Gasteiger partial charge in [0.1, 0.15) is 0 Å². The van der Waals surface area contributed by atoms with Crippen LogP contribution < -0.4 is 4.90 Å². The molecule has 0 amide bonds. The molecule has 0 radical (unpaired) electrons. The molecule has 4 rings (SSSR count). The smallest absolute Gasteiger partial charge is 0.360 e. The summed E-state index contributed by atoms with van der Waals surface area (Å²) in [5.74, 6) is -0.364. The molecule has 7 nitrogen and oxygen atoms in total. The molecule has 0 saturated carbocycles. The van der Waals surface area contributed by atoms with Gasteiger partial charge >= 0.3 is 6.18 Å². The van der Waals surface area contributed by atoms with E-state index >= 15 is 0 Å². The van der Waals surface area contributed by atoms with Crippen molar-refractivity contribution in [1.82, 2.24) is 4.31 Å². The summed E-state index contributed by atoms with van der Waals surface area (Å²) in [4.78, 5) is 13.9. The highest BCUT2D eigenvalue weighted by Crippen LogP contribution is 2.47. The second-order valence-electron chi connectivity index (χ2n) is 7.78. The van der Waals surface area contributed by atoms with Crippen molar-refractivity contribution in [3.05, 3.63) is 76.5 Å². The summed E-state index contributed by atoms with van der Waals surface area (Å²) in [7, 11) is -4.16. The van der Waals surface area contributed by atoms with E-state index in [9.17, 15) is 31.5 Å². The van der Waals surface area contributed by atoms with Crippen molar-refractivity contribution in [2.75, 3.05) is 11.2 Å². The molecule has 1 aliphatic carbocycles. The summed E-state index contributed by atoms with van der Waals surface area (Å²) in [6, 6.07) is 10.8. The number of sulfonamides is 1. The lowest BCUT2D eigenvalue weighted by atomic mass is 9.94. The van der Waals surface area contributed by atoms with Gasteiger partial charge in [-0.2, -0.15) is 18.4 Å². The molecular formula is C22H18F3N3O4S. The Morgan fingerprint density at radius 3 is 2.36 bits per heavy atom. The lowest BCUT2D eigenvalue weighted by Crippen LogP contribution is -2.56. The maximum Gasteiger partial charge on any atom is 0.416 e. The Kier molecular flexibility index (Phi) is 5.56. The van der Waals surface area contributed by atoms with Crippen molar-refractivity contribution < 1.29 is 31.5 Å². The zero-order valence-electron chi connectivity index (χ0n) is 17.2. The molecular weight excluding hydrogens is 459 g/mol. The number of rotatable bonds is 3. The van der Waals surface area contributed by atoms with E-state index in [0.717, 1.165) is 29.4 Å². The van der Waals surface area contributed by atoms with E-state index in [1.54, 1.807) is 0 Å². The number of anilines is 1. The topological polar surface area (TPSA) is 102 Å². The number of ketones is 1. The first-order valence-corrected chi connectivity index (χ1v) is 11.7. The number of aliphatic hydroxyl groups is 1. The van der Waals surface area contributed by atoms with E-state index < -0.39 is 34.2 Å².